The number of ether oxygens (including phenoxy) is 1. The molecule has 1 aromatic rings. The van der Waals surface area contributed by atoms with Crippen LogP contribution < -0.4 is 5.32 Å². The van der Waals surface area contributed by atoms with Crippen LogP contribution in [0, 0.1) is 0 Å². The molecule has 0 radical (unpaired) electrons. The summed E-state index contributed by atoms with van der Waals surface area (Å²) < 4.78 is 4.94. The smallest absolute Gasteiger partial charge is 0.272 e. The molecule has 1 N–H and O–H groups in total. The third kappa shape index (κ3) is 4.33. The molecule has 0 aliphatic rings. The van der Waals surface area contributed by atoms with Gasteiger partial charge in [-0.3, -0.25) is 4.79 Å². The highest BCUT2D eigenvalue weighted by molar-refractivity contribution is 5.92. The van der Waals surface area contributed by atoms with Gasteiger partial charge in [0.2, 0.25) is 0 Å². The van der Waals surface area contributed by atoms with E-state index in [4.69, 9.17) is 4.74 Å². The van der Waals surface area contributed by atoms with E-state index in [0.717, 1.165) is 18.7 Å². The van der Waals surface area contributed by atoms with Crippen molar-refractivity contribution in [2.75, 3.05) is 39.2 Å². The highest BCUT2D eigenvalue weighted by Crippen LogP contribution is 2.07. The summed E-state index contributed by atoms with van der Waals surface area (Å²) in [4.78, 5) is 17.7. The summed E-state index contributed by atoms with van der Waals surface area (Å²) in [5, 5.41) is 3.22. The van der Waals surface area contributed by atoms with Gasteiger partial charge in [-0.1, -0.05) is 6.92 Å². The number of methoxy groups -OCH3 is 1. The van der Waals surface area contributed by atoms with Crippen molar-refractivity contribution in [3.8, 4) is 0 Å². The minimum atomic E-state index is -0.0888. The number of nitrogens with one attached hydrogen (secondary N) is 1. The van der Waals surface area contributed by atoms with Gasteiger partial charge >= 0.3 is 0 Å². The average Bonchev–Trinajstić information content (AvgIpc) is 2.42. The summed E-state index contributed by atoms with van der Waals surface area (Å²) in [6.45, 7) is 4.09. The van der Waals surface area contributed by atoms with Crippen molar-refractivity contribution in [2.24, 2.45) is 0 Å². The van der Waals surface area contributed by atoms with Crippen molar-refractivity contribution in [3.05, 3.63) is 24.0 Å². The standard InChI is InChI=1S/C13H21N3O2/c1-4-7-14-11-5-6-12(15-10-11)13(17)16(2)8-9-18-3/h5-6,10,14H,4,7-9H2,1-3H3. The van der Waals surface area contributed by atoms with Crippen molar-refractivity contribution in [1.29, 1.82) is 0 Å². The van der Waals surface area contributed by atoms with E-state index in [-0.39, 0.29) is 5.91 Å². The molecule has 0 saturated heterocycles. The van der Waals surface area contributed by atoms with Crippen molar-refractivity contribution >= 4 is 11.6 Å². The average molecular weight is 251 g/mol. The lowest BCUT2D eigenvalue weighted by Gasteiger charge is -2.16. The molecule has 1 aromatic heterocycles. The maximum atomic E-state index is 12.0. The number of nitrogens with zero attached hydrogens (tertiary/aromatic N) is 2. The van der Waals surface area contributed by atoms with E-state index in [0.29, 0.717) is 18.8 Å². The lowest BCUT2D eigenvalue weighted by atomic mass is 10.3. The quantitative estimate of drug-likeness (QED) is 0.800. The molecule has 100 valence electrons. The molecule has 0 aromatic carbocycles. The van der Waals surface area contributed by atoms with Crippen LogP contribution in [-0.4, -0.2) is 49.6 Å². The molecule has 5 heteroatoms. The Morgan fingerprint density at radius 1 is 1.50 bits per heavy atom. The summed E-state index contributed by atoms with van der Waals surface area (Å²) in [6, 6.07) is 3.61. The number of aromatic nitrogens is 1. The minimum absolute atomic E-state index is 0.0888. The summed E-state index contributed by atoms with van der Waals surface area (Å²) in [7, 11) is 3.36. The Hall–Kier alpha value is -1.62. The van der Waals surface area contributed by atoms with Crippen molar-refractivity contribution in [3.63, 3.8) is 0 Å². The zero-order valence-electron chi connectivity index (χ0n) is 11.3. The fraction of sp³-hybridized carbons (Fsp3) is 0.538. The zero-order valence-corrected chi connectivity index (χ0v) is 11.3. The van der Waals surface area contributed by atoms with Crippen molar-refractivity contribution < 1.29 is 9.53 Å². The molecule has 0 atom stereocenters. The maximum Gasteiger partial charge on any atom is 0.272 e. The summed E-state index contributed by atoms with van der Waals surface area (Å²) in [6.07, 6.45) is 2.74. The molecule has 18 heavy (non-hydrogen) atoms. The van der Waals surface area contributed by atoms with Crippen molar-refractivity contribution in [2.45, 2.75) is 13.3 Å². The molecule has 0 aliphatic carbocycles. The summed E-state index contributed by atoms with van der Waals surface area (Å²) in [5.74, 6) is -0.0888. The number of rotatable bonds is 7. The van der Waals surface area contributed by atoms with Gasteiger partial charge < -0.3 is 15.0 Å². The van der Waals surface area contributed by atoms with Gasteiger partial charge in [-0.05, 0) is 18.6 Å². The summed E-state index contributed by atoms with van der Waals surface area (Å²) >= 11 is 0. The predicted molar refractivity (Wildman–Crippen MR) is 71.9 cm³/mol. The first-order valence-corrected chi connectivity index (χ1v) is 6.13. The van der Waals surface area contributed by atoms with E-state index in [1.807, 2.05) is 6.07 Å². The number of amides is 1. The van der Waals surface area contributed by atoms with Gasteiger partial charge in [-0.2, -0.15) is 0 Å². The van der Waals surface area contributed by atoms with Gasteiger partial charge in [-0.25, -0.2) is 4.98 Å². The molecule has 5 nitrogen and oxygen atoms in total. The largest absolute Gasteiger partial charge is 0.384 e. The van der Waals surface area contributed by atoms with Crippen LogP contribution in [0.5, 0.6) is 0 Å². The van der Waals surface area contributed by atoms with E-state index in [1.54, 1.807) is 31.3 Å². The third-order valence-electron chi connectivity index (χ3n) is 2.54. The Labute approximate surface area is 108 Å². The topological polar surface area (TPSA) is 54.5 Å². The number of pyridine rings is 1. The van der Waals surface area contributed by atoms with Gasteiger partial charge in [0.05, 0.1) is 18.5 Å². The lowest BCUT2D eigenvalue weighted by molar-refractivity contribution is 0.0738. The molecule has 0 unspecified atom stereocenters. The molecule has 0 spiro atoms. The molecular weight excluding hydrogens is 230 g/mol. The monoisotopic (exact) mass is 251 g/mol. The normalized spacial score (nSPS) is 10.2. The van der Waals surface area contributed by atoms with Crippen LogP contribution in [0.1, 0.15) is 23.8 Å². The number of carbonyl (C=O) groups excluding carboxylic acids is 1. The second-order valence-corrected chi connectivity index (χ2v) is 4.08. The number of anilines is 1. The summed E-state index contributed by atoms with van der Waals surface area (Å²) in [5.41, 5.74) is 1.39. The van der Waals surface area contributed by atoms with E-state index in [9.17, 15) is 4.79 Å². The molecule has 0 fully saturated rings. The molecule has 0 bridgehead atoms. The number of hydrogen-bond donors (Lipinski definition) is 1. The molecule has 1 rings (SSSR count). The highest BCUT2D eigenvalue weighted by atomic mass is 16.5. The number of likely N-dealkylation sites (N-methyl/N-ethyl adjacent to an activating group) is 1. The first-order chi connectivity index (χ1) is 8.69. The van der Waals surface area contributed by atoms with Crippen molar-refractivity contribution in [1.82, 2.24) is 9.88 Å². The Balaban J connectivity index is 2.58. The lowest BCUT2D eigenvalue weighted by Crippen LogP contribution is -2.30. The second-order valence-electron chi connectivity index (χ2n) is 4.08. The second kappa shape index (κ2) is 7.66. The predicted octanol–water partition coefficient (Wildman–Crippen LogP) is 1.62. The molecule has 0 aliphatic heterocycles. The Morgan fingerprint density at radius 3 is 2.83 bits per heavy atom. The van der Waals surface area contributed by atoms with Gasteiger partial charge in [0, 0.05) is 27.2 Å². The molecule has 1 heterocycles. The van der Waals surface area contributed by atoms with Gasteiger partial charge in [0.15, 0.2) is 0 Å². The molecule has 0 saturated carbocycles. The van der Waals surface area contributed by atoms with E-state index < -0.39 is 0 Å². The van der Waals surface area contributed by atoms with E-state index in [1.165, 1.54) is 0 Å². The minimum Gasteiger partial charge on any atom is -0.384 e. The first kappa shape index (κ1) is 14.4. The number of carbonyl (C=O) groups is 1. The van der Waals surface area contributed by atoms with E-state index in [2.05, 4.69) is 17.2 Å². The third-order valence-corrected chi connectivity index (χ3v) is 2.54. The van der Waals surface area contributed by atoms with Gasteiger partial charge in [0.25, 0.3) is 5.91 Å². The number of hydrogen-bond acceptors (Lipinski definition) is 4. The Morgan fingerprint density at radius 2 is 2.28 bits per heavy atom. The van der Waals surface area contributed by atoms with Gasteiger partial charge in [-0.15, -0.1) is 0 Å². The Kier molecular flexibility index (Phi) is 6.14. The van der Waals surface area contributed by atoms with Crippen LogP contribution in [0.4, 0.5) is 5.69 Å². The van der Waals surface area contributed by atoms with Crippen LogP contribution in [0.3, 0.4) is 0 Å². The van der Waals surface area contributed by atoms with Crippen LogP contribution in [0.15, 0.2) is 18.3 Å². The van der Waals surface area contributed by atoms with Crippen LogP contribution in [0.25, 0.3) is 0 Å². The fourth-order valence-electron chi connectivity index (χ4n) is 1.42. The van der Waals surface area contributed by atoms with Crippen LogP contribution in [0.2, 0.25) is 0 Å². The molecular formula is C13H21N3O2. The zero-order chi connectivity index (χ0) is 13.4. The first-order valence-electron chi connectivity index (χ1n) is 6.13. The van der Waals surface area contributed by atoms with E-state index >= 15 is 0 Å². The van der Waals surface area contributed by atoms with Gasteiger partial charge in [0.1, 0.15) is 5.69 Å². The molecule has 1 amide bonds. The SMILES string of the molecule is CCCNc1ccc(C(=O)N(C)CCOC)nc1. The fourth-order valence-corrected chi connectivity index (χ4v) is 1.42. The Bertz CT molecular complexity index is 365. The van der Waals surface area contributed by atoms with Crippen LogP contribution in [-0.2, 0) is 4.74 Å². The van der Waals surface area contributed by atoms with Crippen LogP contribution >= 0.6 is 0 Å². The highest BCUT2D eigenvalue weighted by Gasteiger charge is 2.12. The maximum absolute atomic E-state index is 12.0.